The molecule has 2 amide bonds. The Balaban J connectivity index is 1.53. The molecule has 2 aromatic rings. The van der Waals surface area contributed by atoms with Crippen molar-refractivity contribution in [1.29, 1.82) is 0 Å². The van der Waals surface area contributed by atoms with Gasteiger partial charge >= 0.3 is 6.03 Å². The normalized spacial score (nSPS) is 15.5. The van der Waals surface area contributed by atoms with Crippen LogP contribution in [0.2, 0.25) is 0 Å². The summed E-state index contributed by atoms with van der Waals surface area (Å²) in [6.45, 7) is 9.53. The Morgan fingerprint density at radius 3 is 2.30 bits per heavy atom. The van der Waals surface area contributed by atoms with E-state index in [-0.39, 0.29) is 12.1 Å². The van der Waals surface area contributed by atoms with Crippen molar-refractivity contribution in [2.45, 2.75) is 45.6 Å². The number of nitrogens with zero attached hydrogens (tertiary/aromatic N) is 2. The summed E-state index contributed by atoms with van der Waals surface area (Å²) in [5, 5.41) is 3.05. The first kappa shape index (κ1) is 22.0. The highest BCUT2D eigenvalue weighted by Crippen LogP contribution is 2.31. The van der Waals surface area contributed by atoms with Gasteiger partial charge in [0, 0.05) is 32.4 Å². The molecule has 1 fully saturated rings. The highest BCUT2D eigenvalue weighted by Gasteiger charge is 2.21. The van der Waals surface area contributed by atoms with E-state index in [1.54, 1.807) is 4.90 Å². The number of amides is 2. The van der Waals surface area contributed by atoms with E-state index >= 15 is 0 Å². The average Bonchev–Trinajstić information content (AvgIpc) is 2.79. The molecule has 1 atom stereocenters. The van der Waals surface area contributed by atoms with Crippen molar-refractivity contribution < 1.29 is 9.53 Å². The van der Waals surface area contributed by atoms with Gasteiger partial charge in [0.2, 0.25) is 0 Å². The van der Waals surface area contributed by atoms with E-state index in [0.717, 1.165) is 37.2 Å². The molecule has 162 valence electrons. The minimum Gasteiger partial charge on any atom is -0.494 e. The predicted molar refractivity (Wildman–Crippen MR) is 123 cm³/mol. The van der Waals surface area contributed by atoms with Crippen molar-refractivity contribution in [3.63, 3.8) is 0 Å². The fourth-order valence-electron chi connectivity index (χ4n) is 3.97. The minimum atomic E-state index is -0.0366. The van der Waals surface area contributed by atoms with Crippen LogP contribution < -0.4 is 15.0 Å². The summed E-state index contributed by atoms with van der Waals surface area (Å²) in [6, 6.07) is 17.2. The van der Waals surface area contributed by atoms with Crippen molar-refractivity contribution in [2.24, 2.45) is 0 Å². The molecule has 1 saturated heterocycles. The number of nitrogens with one attached hydrogen (secondary N) is 1. The maximum absolute atomic E-state index is 12.1. The third-order valence-corrected chi connectivity index (χ3v) is 6.08. The van der Waals surface area contributed by atoms with Gasteiger partial charge in [-0.2, -0.15) is 0 Å². The Kier molecular flexibility index (Phi) is 7.61. The molecule has 5 heteroatoms. The quantitative estimate of drug-likeness (QED) is 0.684. The summed E-state index contributed by atoms with van der Waals surface area (Å²) in [5.74, 6) is 1.56. The summed E-state index contributed by atoms with van der Waals surface area (Å²) >= 11 is 0. The summed E-state index contributed by atoms with van der Waals surface area (Å²) in [5.41, 5.74) is 3.80. The lowest BCUT2D eigenvalue weighted by atomic mass is 9.89. The van der Waals surface area contributed by atoms with Crippen molar-refractivity contribution >= 4 is 11.7 Å². The van der Waals surface area contributed by atoms with E-state index in [9.17, 15) is 4.79 Å². The van der Waals surface area contributed by atoms with Crippen LogP contribution in [0.1, 0.15) is 56.7 Å². The molecule has 30 heavy (non-hydrogen) atoms. The topological polar surface area (TPSA) is 44.8 Å². The molecule has 1 unspecified atom stereocenters. The number of hydrogen-bond acceptors (Lipinski definition) is 3. The molecule has 1 N–H and O–H groups in total. The molecule has 0 aromatic heterocycles. The van der Waals surface area contributed by atoms with Gasteiger partial charge in [-0.3, -0.25) is 0 Å². The number of hydrogen-bond donors (Lipinski definition) is 1. The molecule has 2 aromatic carbocycles. The van der Waals surface area contributed by atoms with Gasteiger partial charge in [0.25, 0.3) is 0 Å². The van der Waals surface area contributed by atoms with Gasteiger partial charge < -0.3 is 19.9 Å². The molecule has 0 aliphatic carbocycles. The van der Waals surface area contributed by atoms with E-state index < -0.39 is 0 Å². The summed E-state index contributed by atoms with van der Waals surface area (Å²) in [4.78, 5) is 16.2. The molecule has 1 aliphatic rings. The van der Waals surface area contributed by atoms with Crippen molar-refractivity contribution in [3.8, 4) is 5.75 Å². The zero-order chi connectivity index (χ0) is 21.5. The lowest BCUT2D eigenvalue weighted by Crippen LogP contribution is -2.38. The van der Waals surface area contributed by atoms with Crippen LogP contribution in [-0.2, 0) is 0 Å². The maximum atomic E-state index is 12.1. The van der Waals surface area contributed by atoms with Gasteiger partial charge in [-0.05, 0) is 74.9 Å². The predicted octanol–water partition coefficient (Wildman–Crippen LogP) is 5.19. The molecule has 0 saturated carbocycles. The smallest absolute Gasteiger partial charge is 0.317 e. The summed E-state index contributed by atoms with van der Waals surface area (Å²) in [6.07, 6.45) is 2.32. The molecule has 0 spiro atoms. The first-order valence-corrected chi connectivity index (χ1v) is 11.1. The Labute approximate surface area is 181 Å². The molecular weight excluding hydrogens is 374 g/mol. The van der Waals surface area contributed by atoms with Gasteiger partial charge in [-0.15, -0.1) is 0 Å². The fraction of sp³-hybridized carbons (Fsp3) is 0.480. The van der Waals surface area contributed by atoms with E-state index in [0.29, 0.717) is 19.1 Å². The number of carbonyl (C=O) groups is 1. The summed E-state index contributed by atoms with van der Waals surface area (Å²) in [7, 11) is 1.81. The first-order chi connectivity index (χ1) is 14.5. The number of ether oxygens (including phenoxy) is 1. The van der Waals surface area contributed by atoms with Crippen LogP contribution in [0.3, 0.4) is 0 Å². The fourth-order valence-corrected chi connectivity index (χ4v) is 3.97. The second-order valence-corrected chi connectivity index (χ2v) is 8.04. The number of rotatable bonds is 7. The number of carbonyl (C=O) groups excluding carboxylic acids is 1. The molecule has 3 rings (SSSR count). The van der Waals surface area contributed by atoms with E-state index in [1.165, 1.54) is 11.3 Å². The second-order valence-electron chi connectivity index (χ2n) is 8.04. The molecule has 1 aliphatic heterocycles. The number of piperidine rings is 1. The molecule has 0 bridgehead atoms. The minimum absolute atomic E-state index is 0.00838. The van der Waals surface area contributed by atoms with E-state index in [1.807, 2.05) is 27.8 Å². The molecular formula is C25H35N3O2. The van der Waals surface area contributed by atoms with Gasteiger partial charge in [-0.1, -0.05) is 24.3 Å². The van der Waals surface area contributed by atoms with Crippen molar-refractivity contribution in [1.82, 2.24) is 10.2 Å². The van der Waals surface area contributed by atoms with Gasteiger partial charge in [0.15, 0.2) is 0 Å². The van der Waals surface area contributed by atoms with Crippen LogP contribution in [0.5, 0.6) is 5.75 Å². The van der Waals surface area contributed by atoms with Gasteiger partial charge in [0.1, 0.15) is 5.75 Å². The SMILES string of the molecule is CCOc1ccc(C2CCN(c3ccc(C(C)NC(=O)N(C)CC)cc3)CC2)cc1. The number of anilines is 1. The third-order valence-electron chi connectivity index (χ3n) is 6.08. The largest absolute Gasteiger partial charge is 0.494 e. The Morgan fingerprint density at radius 2 is 1.73 bits per heavy atom. The molecule has 5 nitrogen and oxygen atoms in total. The summed E-state index contributed by atoms with van der Waals surface area (Å²) < 4.78 is 5.55. The number of benzene rings is 2. The lowest BCUT2D eigenvalue weighted by molar-refractivity contribution is 0.208. The monoisotopic (exact) mass is 409 g/mol. The van der Waals surface area contributed by atoms with Crippen LogP contribution in [-0.4, -0.2) is 44.2 Å². The average molecular weight is 410 g/mol. The molecule has 0 radical (unpaired) electrons. The van der Waals surface area contributed by atoms with Crippen LogP contribution in [0.4, 0.5) is 10.5 Å². The van der Waals surface area contributed by atoms with E-state index in [4.69, 9.17) is 4.74 Å². The standard InChI is InChI=1S/C25H35N3O2/c1-5-27(4)25(29)26-19(3)20-7-11-23(12-8-20)28-17-15-22(16-18-28)21-9-13-24(14-10-21)30-6-2/h7-14,19,22H,5-6,15-18H2,1-4H3,(H,26,29). The first-order valence-electron chi connectivity index (χ1n) is 11.1. The Morgan fingerprint density at radius 1 is 1.10 bits per heavy atom. The van der Waals surface area contributed by atoms with Crippen LogP contribution >= 0.6 is 0 Å². The van der Waals surface area contributed by atoms with Crippen molar-refractivity contribution in [3.05, 3.63) is 59.7 Å². The highest BCUT2D eigenvalue weighted by molar-refractivity contribution is 5.74. The van der Waals surface area contributed by atoms with Gasteiger partial charge in [-0.25, -0.2) is 4.79 Å². The maximum Gasteiger partial charge on any atom is 0.317 e. The zero-order valence-corrected chi connectivity index (χ0v) is 18.7. The van der Waals surface area contributed by atoms with Crippen LogP contribution in [0, 0.1) is 0 Å². The third kappa shape index (κ3) is 5.47. The van der Waals surface area contributed by atoms with Crippen LogP contribution in [0.15, 0.2) is 48.5 Å². The molecule has 1 heterocycles. The Bertz CT molecular complexity index is 796. The zero-order valence-electron chi connectivity index (χ0n) is 18.7. The Hall–Kier alpha value is -2.69. The number of urea groups is 1. The van der Waals surface area contributed by atoms with Crippen molar-refractivity contribution in [2.75, 3.05) is 38.2 Å². The van der Waals surface area contributed by atoms with E-state index in [2.05, 4.69) is 58.7 Å². The highest BCUT2D eigenvalue weighted by atomic mass is 16.5. The van der Waals surface area contributed by atoms with Gasteiger partial charge in [0.05, 0.1) is 12.6 Å². The second kappa shape index (κ2) is 10.4. The lowest BCUT2D eigenvalue weighted by Gasteiger charge is -2.34. The van der Waals surface area contributed by atoms with Crippen LogP contribution in [0.25, 0.3) is 0 Å².